The topological polar surface area (TPSA) is 95.6 Å². The molecule has 1 aliphatic rings. The molecule has 1 heterocycles. The molecule has 0 N–H and O–H groups in total. The minimum Gasteiger partial charge on any atom is -0.872 e. The second-order valence-corrected chi connectivity index (χ2v) is 14.0. The highest BCUT2D eigenvalue weighted by Gasteiger charge is 2.01. The smallest absolute Gasteiger partial charge is 0.0480 e. The van der Waals surface area contributed by atoms with E-state index < -0.39 is 0 Å². The molecule has 6 nitrogen and oxygen atoms in total. The number of hydrogen-bond acceptors (Lipinski definition) is 10. The Balaban J connectivity index is 1.56. The van der Waals surface area contributed by atoms with E-state index in [1.165, 1.54) is 0 Å². The zero-order chi connectivity index (χ0) is 28.4. The molecular weight excluding hydrogens is 577 g/mol. The first-order valence-electron chi connectivity index (χ1n) is 13.5. The minimum atomic E-state index is -0.00923. The fourth-order valence-corrected chi connectivity index (χ4v) is 7.45. The lowest BCUT2D eigenvalue weighted by atomic mass is 10.1. The maximum Gasteiger partial charge on any atom is 0.0480 e. The van der Waals surface area contributed by atoms with Crippen molar-refractivity contribution in [3.63, 3.8) is 0 Å². The number of nitrogens with zero attached hydrogens (tertiary/aromatic N) is 4. The third kappa shape index (κ3) is 12.3. The summed E-state index contributed by atoms with van der Waals surface area (Å²) in [5.41, 5.74) is 4.59. The van der Waals surface area contributed by atoms with E-state index in [1.54, 1.807) is 24.9 Å². The first-order valence-corrected chi connectivity index (χ1v) is 18.1. The largest absolute Gasteiger partial charge is 0.872 e. The Hall–Kier alpha value is -1.88. The highest BCUT2D eigenvalue weighted by atomic mass is 32.2. The van der Waals surface area contributed by atoms with Gasteiger partial charge in [0.25, 0.3) is 0 Å². The van der Waals surface area contributed by atoms with E-state index in [0.29, 0.717) is 48.4 Å². The Morgan fingerprint density at radius 2 is 0.700 bits per heavy atom. The van der Waals surface area contributed by atoms with Crippen LogP contribution in [0.25, 0.3) is 0 Å². The molecule has 0 aromatic heterocycles. The molecular formula is C30H38N4O2S4-2. The zero-order valence-electron chi connectivity index (χ0n) is 23.3. The Morgan fingerprint density at radius 1 is 0.450 bits per heavy atom. The molecule has 1 aliphatic heterocycles. The Labute approximate surface area is 256 Å². The number of rotatable bonds is 0. The molecule has 0 saturated carbocycles. The van der Waals surface area contributed by atoms with Crippen molar-refractivity contribution in [3.8, 4) is 11.5 Å². The molecule has 0 saturated heterocycles. The molecule has 0 radical (unpaired) electrons. The van der Waals surface area contributed by atoms with Gasteiger partial charge in [0.1, 0.15) is 0 Å². The maximum absolute atomic E-state index is 12.8. The van der Waals surface area contributed by atoms with Crippen LogP contribution in [0.3, 0.4) is 0 Å². The van der Waals surface area contributed by atoms with Crippen molar-refractivity contribution in [1.29, 1.82) is 0 Å². The van der Waals surface area contributed by atoms with Crippen molar-refractivity contribution < 1.29 is 10.2 Å². The van der Waals surface area contributed by atoms with Crippen LogP contribution in [-0.4, -0.2) is 97.1 Å². The maximum atomic E-state index is 12.8. The van der Waals surface area contributed by atoms with Gasteiger partial charge in [0, 0.05) is 97.1 Å². The predicted octanol–water partition coefficient (Wildman–Crippen LogP) is 4.77. The second-order valence-electron chi connectivity index (χ2n) is 9.14. The normalized spacial score (nSPS) is 17.4. The summed E-state index contributed by atoms with van der Waals surface area (Å²) in [5.74, 6) is 7.85. The van der Waals surface area contributed by atoms with Gasteiger partial charge in [0.15, 0.2) is 0 Å². The molecule has 216 valence electrons. The molecule has 0 atom stereocenters. The monoisotopic (exact) mass is 614 g/mol. The molecule has 10 heteroatoms. The third-order valence-electron chi connectivity index (χ3n) is 5.71. The van der Waals surface area contributed by atoms with Crippen molar-refractivity contribution >= 4 is 71.9 Å². The molecule has 2 aromatic rings. The van der Waals surface area contributed by atoms with Gasteiger partial charge < -0.3 is 10.2 Å². The molecule has 0 amide bonds. The van der Waals surface area contributed by atoms with Crippen LogP contribution in [0, 0.1) is 13.8 Å². The molecule has 0 spiro atoms. The minimum absolute atomic E-state index is 0.00923. The summed E-state index contributed by atoms with van der Waals surface area (Å²) in [6, 6.07) is 7.58. The number of benzene rings is 2. The summed E-state index contributed by atoms with van der Waals surface area (Å²) in [6.07, 6.45) is 6.84. The average Bonchev–Trinajstić information content (AvgIpc) is 2.93. The van der Waals surface area contributed by atoms with Gasteiger partial charge in [-0.3, -0.25) is 20.0 Å². The predicted molar refractivity (Wildman–Crippen MR) is 180 cm³/mol. The summed E-state index contributed by atoms with van der Waals surface area (Å²) in [7, 11) is 0. The fourth-order valence-electron chi connectivity index (χ4n) is 3.81. The van der Waals surface area contributed by atoms with Crippen LogP contribution in [0.4, 0.5) is 0 Å². The van der Waals surface area contributed by atoms with E-state index in [4.69, 9.17) is 0 Å². The van der Waals surface area contributed by atoms with E-state index in [0.717, 1.165) is 57.1 Å². The van der Waals surface area contributed by atoms with Gasteiger partial charge in [-0.2, -0.15) is 47.0 Å². The van der Waals surface area contributed by atoms with Crippen LogP contribution < -0.4 is 10.2 Å². The summed E-state index contributed by atoms with van der Waals surface area (Å²) in [5, 5.41) is 25.6. The number of aliphatic imine (C=N–C) groups is 4. The van der Waals surface area contributed by atoms with E-state index >= 15 is 0 Å². The van der Waals surface area contributed by atoms with Crippen molar-refractivity contribution in [3.05, 3.63) is 57.6 Å². The number of fused-ring (bicyclic) bond motifs is 4. The van der Waals surface area contributed by atoms with E-state index in [2.05, 4.69) is 20.0 Å². The lowest BCUT2D eigenvalue weighted by Gasteiger charge is -2.15. The van der Waals surface area contributed by atoms with Crippen molar-refractivity contribution in [2.75, 3.05) is 72.2 Å². The standard InChI is InChI=1S/C30H40N4O2S4/c1-23-15-25-19-31-3-7-37-11-13-39-9-5-33-21-27-17-24(2)18-28(30(27)36)22-34-6-10-40-14-12-38-8-4-32-20-26(16-23)29(25)35/h15-22,35-36H,3-14H2,1-2H3/p-2. The lowest BCUT2D eigenvalue weighted by molar-refractivity contribution is -0.269. The van der Waals surface area contributed by atoms with Crippen LogP contribution in [0.5, 0.6) is 11.5 Å². The first-order chi connectivity index (χ1) is 19.5. The third-order valence-corrected chi connectivity index (χ3v) is 10.1. The highest BCUT2D eigenvalue weighted by Crippen LogP contribution is 2.20. The van der Waals surface area contributed by atoms with Crippen molar-refractivity contribution in [2.45, 2.75) is 13.8 Å². The Morgan fingerprint density at radius 3 is 0.950 bits per heavy atom. The second kappa shape index (κ2) is 19.3. The van der Waals surface area contributed by atoms with Gasteiger partial charge in [-0.1, -0.05) is 35.8 Å². The quantitative estimate of drug-likeness (QED) is 0.424. The van der Waals surface area contributed by atoms with Crippen LogP contribution >= 0.6 is 47.0 Å². The first kappa shape index (κ1) is 32.6. The van der Waals surface area contributed by atoms with Crippen LogP contribution in [0.1, 0.15) is 33.4 Å². The van der Waals surface area contributed by atoms with Crippen molar-refractivity contribution in [2.24, 2.45) is 20.0 Å². The zero-order valence-corrected chi connectivity index (χ0v) is 26.6. The molecule has 40 heavy (non-hydrogen) atoms. The summed E-state index contributed by atoms with van der Waals surface area (Å²) in [4.78, 5) is 18.0. The molecule has 3 rings (SSSR count). The summed E-state index contributed by atoms with van der Waals surface area (Å²) in [6.45, 7) is 6.74. The number of hydrogen-bond donors (Lipinski definition) is 0. The number of aryl methyl sites for hydroxylation is 2. The summed E-state index contributed by atoms with van der Waals surface area (Å²) >= 11 is 7.46. The molecule has 2 aromatic carbocycles. The molecule has 0 fully saturated rings. The van der Waals surface area contributed by atoms with Gasteiger partial charge in [-0.05, 0) is 47.2 Å². The van der Waals surface area contributed by atoms with Gasteiger partial charge in [0.2, 0.25) is 0 Å². The lowest BCUT2D eigenvalue weighted by Crippen LogP contribution is -2.04. The van der Waals surface area contributed by atoms with Crippen LogP contribution in [0.15, 0.2) is 44.2 Å². The van der Waals surface area contributed by atoms with Crippen molar-refractivity contribution in [1.82, 2.24) is 0 Å². The SMILES string of the molecule is Cc1cc2c([O-])c(c1)C=NCCSCCSCCN=Cc1cc(C)cc(c1[O-])C=NCCSCCSCCN=C2. The van der Waals surface area contributed by atoms with E-state index in [1.807, 2.05) is 85.2 Å². The average molecular weight is 615 g/mol. The van der Waals surface area contributed by atoms with Gasteiger partial charge in [0.05, 0.1) is 0 Å². The molecule has 4 bridgehead atoms. The van der Waals surface area contributed by atoms with E-state index in [-0.39, 0.29) is 11.5 Å². The molecule has 0 aliphatic carbocycles. The van der Waals surface area contributed by atoms with Gasteiger partial charge in [-0.25, -0.2) is 0 Å². The van der Waals surface area contributed by atoms with Gasteiger partial charge in [-0.15, -0.1) is 0 Å². The van der Waals surface area contributed by atoms with Gasteiger partial charge >= 0.3 is 0 Å². The summed E-state index contributed by atoms with van der Waals surface area (Å²) < 4.78 is 0. The Bertz CT molecular complexity index is 1010. The fraction of sp³-hybridized carbons (Fsp3) is 0.467. The van der Waals surface area contributed by atoms with Crippen LogP contribution in [0.2, 0.25) is 0 Å². The van der Waals surface area contributed by atoms with Crippen LogP contribution in [-0.2, 0) is 0 Å². The molecule has 0 unspecified atom stereocenters. The number of thioether (sulfide) groups is 4. The van der Waals surface area contributed by atoms with E-state index in [9.17, 15) is 10.2 Å². The Kier molecular flexibility index (Phi) is 15.7. The highest BCUT2D eigenvalue weighted by molar-refractivity contribution is 8.03.